The number of nitrogens with zero attached hydrogens (tertiary/aromatic N) is 1. The van der Waals surface area contributed by atoms with E-state index < -0.39 is 23.0 Å². The molecule has 0 unspecified atom stereocenters. The van der Waals surface area contributed by atoms with Gasteiger partial charge in [-0.3, -0.25) is 9.78 Å². The first kappa shape index (κ1) is 9.72. The van der Waals surface area contributed by atoms with E-state index in [2.05, 4.69) is 9.97 Å². The van der Waals surface area contributed by atoms with Crippen LogP contribution in [0.15, 0.2) is 9.95 Å². The highest BCUT2D eigenvalue weighted by atomic mass is 32.2. The van der Waals surface area contributed by atoms with Crippen LogP contribution in [0.5, 0.6) is 0 Å². The van der Waals surface area contributed by atoms with Gasteiger partial charge in [0.25, 0.3) is 5.56 Å². The predicted molar refractivity (Wildman–Crippen MR) is 43.6 cm³/mol. The van der Waals surface area contributed by atoms with Gasteiger partial charge in [0.1, 0.15) is 0 Å². The van der Waals surface area contributed by atoms with Gasteiger partial charge in [0.05, 0.1) is 0 Å². The highest BCUT2D eigenvalue weighted by Gasteiger charge is 2.16. The van der Waals surface area contributed by atoms with Crippen molar-refractivity contribution >= 4 is 17.7 Å². The first-order valence-electron chi connectivity index (χ1n) is 3.13. The van der Waals surface area contributed by atoms with E-state index in [0.717, 1.165) is 11.8 Å². The van der Waals surface area contributed by atoms with E-state index >= 15 is 0 Å². The van der Waals surface area contributed by atoms with Crippen LogP contribution in [-0.4, -0.2) is 27.3 Å². The molecule has 7 heteroatoms. The molecule has 0 amide bonds. The van der Waals surface area contributed by atoms with Crippen molar-refractivity contribution in [3.05, 3.63) is 21.9 Å². The molecule has 0 saturated carbocycles. The molecule has 0 aromatic carbocycles. The molecule has 5 nitrogen and oxygen atoms in total. The Morgan fingerprint density at radius 1 is 1.69 bits per heavy atom. The largest absolute Gasteiger partial charge is 0.476 e. The van der Waals surface area contributed by atoms with Gasteiger partial charge in [-0.2, -0.15) is 4.39 Å². The molecule has 2 N–H and O–H groups in total. The van der Waals surface area contributed by atoms with E-state index in [0.29, 0.717) is 0 Å². The van der Waals surface area contributed by atoms with Crippen LogP contribution in [0.4, 0.5) is 4.39 Å². The quantitative estimate of drug-likeness (QED) is 0.535. The zero-order chi connectivity index (χ0) is 10.0. The lowest BCUT2D eigenvalue weighted by Gasteiger charge is -1.98. The second kappa shape index (κ2) is 3.56. The SMILES string of the molecule is CSc1nc(C(=O)O)c(F)c(=O)[nH]1. The van der Waals surface area contributed by atoms with Crippen molar-refractivity contribution in [2.45, 2.75) is 5.16 Å². The summed E-state index contributed by atoms with van der Waals surface area (Å²) in [6, 6.07) is 0. The van der Waals surface area contributed by atoms with Crippen LogP contribution in [0.3, 0.4) is 0 Å². The molecule has 1 aromatic rings. The van der Waals surface area contributed by atoms with Crippen molar-refractivity contribution in [1.29, 1.82) is 0 Å². The van der Waals surface area contributed by atoms with E-state index in [1.165, 1.54) is 0 Å². The van der Waals surface area contributed by atoms with Crippen LogP contribution in [0.25, 0.3) is 0 Å². The van der Waals surface area contributed by atoms with Gasteiger partial charge in [-0.15, -0.1) is 0 Å². The predicted octanol–water partition coefficient (Wildman–Crippen LogP) is 0.329. The normalized spacial score (nSPS) is 10.0. The molecule has 0 fully saturated rings. The maximum Gasteiger partial charge on any atom is 0.357 e. The summed E-state index contributed by atoms with van der Waals surface area (Å²) in [5.74, 6) is -2.93. The van der Waals surface area contributed by atoms with Gasteiger partial charge in [0, 0.05) is 0 Å². The summed E-state index contributed by atoms with van der Waals surface area (Å²) in [6.45, 7) is 0. The van der Waals surface area contributed by atoms with E-state index in [9.17, 15) is 14.0 Å². The van der Waals surface area contributed by atoms with Gasteiger partial charge in [0.2, 0.25) is 5.82 Å². The second-order valence-corrected chi connectivity index (χ2v) is 2.84. The number of aromatic carboxylic acids is 1. The fourth-order valence-corrected chi connectivity index (χ4v) is 1.05. The van der Waals surface area contributed by atoms with Crippen LogP contribution in [-0.2, 0) is 0 Å². The average molecular weight is 204 g/mol. The molecule has 0 bridgehead atoms. The summed E-state index contributed by atoms with van der Waals surface area (Å²) in [5.41, 5.74) is -1.93. The molecule has 0 aliphatic rings. The molecule has 1 heterocycles. The third-order valence-corrected chi connectivity index (χ3v) is 1.82. The molecular weight excluding hydrogens is 199 g/mol. The topological polar surface area (TPSA) is 83.0 Å². The van der Waals surface area contributed by atoms with Crippen LogP contribution in [0.2, 0.25) is 0 Å². The van der Waals surface area contributed by atoms with Gasteiger partial charge in [-0.25, -0.2) is 9.78 Å². The van der Waals surface area contributed by atoms with Gasteiger partial charge in [0.15, 0.2) is 10.9 Å². The molecule has 1 rings (SSSR count). The third kappa shape index (κ3) is 1.86. The minimum Gasteiger partial charge on any atom is -0.476 e. The van der Waals surface area contributed by atoms with Crippen LogP contribution < -0.4 is 5.56 Å². The van der Waals surface area contributed by atoms with Crippen molar-refractivity contribution in [2.24, 2.45) is 0 Å². The van der Waals surface area contributed by atoms with Gasteiger partial charge in [-0.1, -0.05) is 11.8 Å². The van der Waals surface area contributed by atoms with E-state index in [4.69, 9.17) is 5.11 Å². The van der Waals surface area contributed by atoms with Crippen molar-refractivity contribution in [3.8, 4) is 0 Å². The van der Waals surface area contributed by atoms with Crippen molar-refractivity contribution in [2.75, 3.05) is 6.26 Å². The Labute approximate surface area is 76.0 Å². The molecule has 0 aliphatic carbocycles. The standard InChI is InChI=1S/C6H5FN2O3S/c1-13-6-8-3(5(11)12)2(7)4(10)9-6/h1H3,(H,11,12)(H,8,9,10). The number of carboxylic acids is 1. The maximum atomic E-state index is 12.8. The van der Waals surface area contributed by atoms with Gasteiger partial charge < -0.3 is 5.11 Å². The molecule has 0 aliphatic heterocycles. The Morgan fingerprint density at radius 2 is 2.31 bits per heavy atom. The lowest BCUT2D eigenvalue weighted by atomic mass is 10.4. The number of nitrogens with one attached hydrogen (secondary N) is 1. The zero-order valence-electron chi connectivity index (χ0n) is 6.50. The minimum atomic E-state index is -1.56. The lowest BCUT2D eigenvalue weighted by molar-refractivity contribution is 0.0683. The Bertz CT molecular complexity index is 403. The molecule has 0 spiro atoms. The summed E-state index contributed by atoms with van der Waals surface area (Å²) in [6.07, 6.45) is 1.59. The maximum absolute atomic E-state index is 12.8. The minimum absolute atomic E-state index is 0.0730. The summed E-state index contributed by atoms with van der Waals surface area (Å²) in [7, 11) is 0. The summed E-state index contributed by atoms with van der Waals surface area (Å²) in [5, 5.41) is 8.52. The third-order valence-electron chi connectivity index (χ3n) is 1.24. The number of rotatable bonds is 2. The molecule has 0 atom stereocenters. The van der Waals surface area contributed by atoms with Crippen LogP contribution >= 0.6 is 11.8 Å². The highest BCUT2D eigenvalue weighted by Crippen LogP contribution is 2.07. The Kier molecular flexibility index (Phi) is 2.66. The molecule has 1 aromatic heterocycles. The van der Waals surface area contributed by atoms with E-state index in [1.54, 1.807) is 6.26 Å². The number of hydrogen-bond acceptors (Lipinski definition) is 4. The average Bonchev–Trinajstić information content (AvgIpc) is 2.09. The summed E-state index contributed by atoms with van der Waals surface area (Å²) < 4.78 is 12.8. The van der Waals surface area contributed by atoms with Crippen LogP contribution in [0.1, 0.15) is 10.5 Å². The second-order valence-electron chi connectivity index (χ2n) is 2.04. The Hall–Kier alpha value is -1.37. The molecule has 0 saturated heterocycles. The first-order valence-corrected chi connectivity index (χ1v) is 4.36. The molecule has 0 radical (unpaired) electrons. The van der Waals surface area contributed by atoms with Crippen molar-refractivity contribution in [3.63, 3.8) is 0 Å². The smallest absolute Gasteiger partial charge is 0.357 e. The Balaban J connectivity index is 3.42. The van der Waals surface area contributed by atoms with Crippen LogP contribution in [0, 0.1) is 5.82 Å². The van der Waals surface area contributed by atoms with Crippen molar-refractivity contribution in [1.82, 2.24) is 9.97 Å². The van der Waals surface area contributed by atoms with E-state index in [1.807, 2.05) is 0 Å². The summed E-state index contributed by atoms with van der Waals surface area (Å²) in [4.78, 5) is 26.6. The summed E-state index contributed by atoms with van der Waals surface area (Å²) >= 11 is 1.03. The monoisotopic (exact) mass is 204 g/mol. The fraction of sp³-hybridized carbons (Fsp3) is 0.167. The first-order chi connectivity index (χ1) is 6.06. The molecular formula is C6H5FN2O3S. The van der Waals surface area contributed by atoms with E-state index in [-0.39, 0.29) is 5.16 Å². The number of hydrogen-bond donors (Lipinski definition) is 2. The molecule has 70 valence electrons. The number of carbonyl (C=O) groups is 1. The number of carboxylic acid groups (broad SMARTS) is 1. The lowest BCUT2D eigenvalue weighted by Crippen LogP contribution is -2.19. The number of aromatic amines is 1. The molecule has 13 heavy (non-hydrogen) atoms. The number of thioether (sulfide) groups is 1. The van der Waals surface area contributed by atoms with Crippen molar-refractivity contribution < 1.29 is 14.3 Å². The van der Waals surface area contributed by atoms with Gasteiger partial charge >= 0.3 is 5.97 Å². The Morgan fingerprint density at radius 3 is 2.77 bits per heavy atom. The highest BCUT2D eigenvalue weighted by molar-refractivity contribution is 7.98. The van der Waals surface area contributed by atoms with Gasteiger partial charge in [-0.05, 0) is 6.26 Å². The zero-order valence-corrected chi connectivity index (χ0v) is 7.31. The number of H-pyrrole nitrogens is 1. The number of aromatic nitrogens is 2. The fourth-order valence-electron chi connectivity index (χ4n) is 0.676. The number of halogens is 1.